The maximum absolute atomic E-state index is 10.7. The molecule has 0 aromatic heterocycles. The fourth-order valence-electron chi connectivity index (χ4n) is 1.63. The van der Waals surface area contributed by atoms with E-state index in [0.717, 1.165) is 16.7 Å². The molecule has 3 nitrogen and oxygen atoms in total. The third-order valence-corrected chi connectivity index (χ3v) is 3.39. The summed E-state index contributed by atoms with van der Waals surface area (Å²) in [4.78, 5) is 12.8. The van der Waals surface area contributed by atoms with Crippen LogP contribution in [0.3, 0.4) is 0 Å². The maximum atomic E-state index is 10.7. The molecule has 0 fully saturated rings. The number of carbonyl (C=O) groups is 1. The third-order valence-electron chi connectivity index (χ3n) is 2.90. The molecule has 1 N–H and O–H groups in total. The highest BCUT2D eigenvalue weighted by Gasteiger charge is 2.12. The molecular weight excluding hydrogens is 282 g/mol. The molecule has 0 saturated carbocycles. The fourth-order valence-corrected chi connectivity index (χ4v) is 1.97. The SMILES string of the molecule is Cc1ccc(Br)cc1N(C)CCC(C)C(=O)O. The number of benzene rings is 1. The minimum absolute atomic E-state index is 0.301. The lowest BCUT2D eigenvalue weighted by Gasteiger charge is -2.22. The highest BCUT2D eigenvalue weighted by atomic mass is 79.9. The number of aryl methyl sites for hydroxylation is 1. The Balaban J connectivity index is 2.66. The number of carboxylic acid groups (broad SMARTS) is 1. The standard InChI is InChI=1S/C13H18BrNO2/c1-9-4-5-11(14)8-12(9)15(3)7-6-10(2)13(16)17/h4-5,8,10H,6-7H2,1-3H3,(H,16,17). The molecule has 1 aromatic rings. The molecule has 0 amide bonds. The summed E-state index contributed by atoms with van der Waals surface area (Å²) in [5, 5.41) is 8.84. The number of carboxylic acids is 1. The third kappa shape index (κ3) is 4.04. The van der Waals surface area contributed by atoms with Crippen LogP contribution >= 0.6 is 15.9 Å². The van der Waals surface area contributed by atoms with E-state index in [-0.39, 0.29) is 5.92 Å². The lowest BCUT2D eigenvalue weighted by atomic mass is 10.1. The number of hydrogen-bond acceptors (Lipinski definition) is 2. The molecule has 0 spiro atoms. The summed E-state index contributed by atoms with van der Waals surface area (Å²) < 4.78 is 1.04. The summed E-state index contributed by atoms with van der Waals surface area (Å²) in [6, 6.07) is 6.11. The van der Waals surface area contributed by atoms with Gasteiger partial charge in [0.05, 0.1) is 5.92 Å². The van der Waals surface area contributed by atoms with Gasteiger partial charge in [0.15, 0.2) is 0 Å². The number of halogens is 1. The first-order valence-corrected chi connectivity index (χ1v) is 6.41. The number of anilines is 1. The molecule has 0 saturated heterocycles. The molecule has 1 atom stereocenters. The van der Waals surface area contributed by atoms with E-state index in [9.17, 15) is 4.79 Å². The summed E-state index contributed by atoms with van der Waals surface area (Å²) >= 11 is 3.45. The van der Waals surface area contributed by atoms with Crippen LogP contribution in [-0.4, -0.2) is 24.7 Å². The highest BCUT2D eigenvalue weighted by molar-refractivity contribution is 9.10. The van der Waals surface area contributed by atoms with E-state index in [0.29, 0.717) is 6.42 Å². The van der Waals surface area contributed by atoms with Crippen molar-refractivity contribution in [3.8, 4) is 0 Å². The molecule has 4 heteroatoms. The Morgan fingerprint density at radius 2 is 2.18 bits per heavy atom. The minimum atomic E-state index is -0.732. The van der Waals surface area contributed by atoms with Crippen molar-refractivity contribution >= 4 is 27.6 Å². The Kier molecular flexibility index (Phi) is 5.00. The predicted molar refractivity (Wildman–Crippen MR) is 73.6 cm³/mol. The maximum Gasteiger partial charge on any atom is 0.306 e. The van der Waals surface area contributed by atoms with Crippen LogP contribution in [-0.2, 0) is 4.79 Å². The van der Waals surface area contributed by atoms with Gasteiger partial charge in [-0.1, -0.05) is 28.9 Å². The largest absolute Gasteiger partial charge is 0.481 e. The monoisotopic (exact) mass is 299 g/mol. The topological polar surface area (TPSA) is 40.5 Å². The molecule has 0 aliphatic rings. The van der Waals surface area contributed by atoms with Crippen molar-refractivity contribution in [2.75, 3.05) is 18.5 Å². The summed E-state index contributed by atoms with van der Waals surface area (Å²) in [5.41, 5.74) is 2.33. The number of aliphatic carboxylic acids is 1. The fraction of sp³-hybridized carbons (Fsp3) is 0.462. The Labute approximate surface area is 111 Å². The second kappa shape index (κ2) is 6.05. The van der Waals surface area contributed by atoms with Crippen LogP contribution in [0.15, 0.2) is 22.7 Å². The van der Waals surface area contributed by atoms with Crippen molar-refractivity contribution in [1.82, 2.24) is 0 Å². The van der Waals surface area contributed by atoms with E-state index >= 15 is 0 Å². The quantitative estimate of drug-likeness (QED) is 0.907. The Morgan fingerprint density at radius 3 is 2.76 bits per heavy atom. The van der Waals surface area contributed by atoms with E-state index < -0.39 is 5.97 Å². The van der Waals surface area contributed by atoms with E-state index in [2.05, 4.69) is 39.9 Å². The average molecular weight is 300 g/mol. The summed E-state index contributed by atoms with van der Waals surface area (Å²) in [6.45, 7) is 4.54. The molecule has 17 heavy (non-hydrogen) atoms. The van der Waals surface area contributed by atoms with Gasteiger partial charge < -0.3 is 10.0 Å². The van der Waals surface area contributed by atoms with Gasteiger partial charge in [-0.3, -0.25) is 4.79 Å². The van der Waals surface area contributed by atoms with Crippen molar-refractivity contribution in [2.45, 2.75) is 20.3 Å². The summed E-state index contributed by atoms with van der Waals surface area (Å²) in [6.07, 6.45) is 0.651. The molecule has 1 rings (SSSR count). The van der Waals surface area contributed by atoms with Gasteiger partial charge in [-0.05, 0) is 31.0 Å². The first-order valence-electron chi connectivity index (χ1n) is 5.62. The van der Waals surface area contributed by atoms with Gasteiger partial charge in [0.2, 0.25) is 0 Å². The smallest absolute Gasteiger partial charge is 0.306 e. The van der Waals surface area contributed by atoms with Crippen LogP contribution in [0.5, 0.6) is 0 Å². The lowest BCUT2D eigenvalue weighted by molar-refractivity contribution is -0.141. The molecular formula is C13H18BrNO2. The van der Waals surface area contributed by atoms with E-state index in [1.807, 2.05) is 13.1 Å². The number of nitrogens with zero attached hydrogens (tertiary/aromatic N) is 1. The van der Waals surface area contributed by atoms with Gasteiger partial charge in [0, 0.05) is 23.8 Å². The Hall–Kier alpha value is -1.03. The zero-order valence-electron chi connectivity index (χ0n) is 10.4. The molecule has 0 heterocycles. The van der Waals surface area contributed by atoms with Crippen molar-refractivity contribution in [1.29, 1.82) is 0 Å². The number of hydrogen-bond donors (Lipinski definition) is 1. The lowest BCUT2D eigenvalue weighted by Crippen LogP contribution is -2.23. The zero-order valence-corrected chi connectivity index (χ0v) is 12.0. The molecule has 1 unspecified atom stereocenters. The van der Waals surface area contributed by atoms with Crippen molar-refractivity contribution < 1.29 is 9.90 Å². The highest BCUT2D eigenvalue weighted by Crippen LogP contribution is 2.24. The summed E-state index contributed by atoms with van der Waals surface area (Å²) in [7, 11) is 1.99. The van der Waals surface area contributed by atoms with Gasteiger partial charge >= 0.3 is 5.97 Å². The van der Waals surface area contributed by atoms with Crippen LogP contribution in [0.2, 0.25) is 0 Å². The predicted octanol–water partition coefficient (Wildman–Crippen LogP) is 3.30. The second-order valence-electron chi connectivity index (χ2n) is 4.38. The van der Waals surface area contributed by atoms with Gasteiger partial charge in [-0.2, -0.15) is 0 Å². The summed E-state index contributed by atoms with van der Waals surface area (Å²) in [5.74, 6) is -1.03. The average Bonchev–Trinajstić information content (AvgIpc) is 2.28. The molecule has 1 aromatic carbocycles. The van der Waals surface area contributed by atoms with Crippen LogP contribution in [0.4, 0.5) is 5.69 Å². The van der Waals surface area contributed by atoms with Gasteiger partial charge in [0.1, 0.15) is 0 Å². The van der Waals surface area contributed by atoms with E-state index in [1.165, 1.54) is 5.56 Å². The van der Waals surface area contributed by atoms with E-state index in [1.54, 1.807) is 6.92 Å². The molecule has 0 aliphatic carbocycles. The van der Waals surface area contributed by atoms with Gasteiger partial charge in [0.25, 0.3) is 0 Å². The Morgan fingerprint density at radius 1 is 1.53 bits per heavy atom. The second-order valence-corrected chi connectivity index (χ2v) is 5.30. The van der Waals surface area contributed by atoms with Crippen LogP contribution in [0, 0.1) is 12.8 Å². The van der Waals surface area contributed by atoms with E-state index in [4.69, 9.17) is 5.11 Å². The zero-order chi connectivity index (χ0) is 13.0. The Bertz CT molecular complexity index is 406. The van der Waals surface area contributed by atoms with Gasteiger partial charge in [-0.15, -0.1) is 0 Å². The van der Waals surface area contributed by atoms with Crippen molar-refractivity contribution in [3.05, 3.63) is 28.2 Å². The first-order chi connectivity index (χ1) is 7.91. The normalized spacial score (nSPS) is 12.2. The molecule has 0 aliphatic heterocycles. The van der Waals surface area contributed by atoms with Gasteiger partial charge in [-0.25, -0.2) is 0 Å². The van der Waals surface area contributed by atoms with Crippen molar-refractivity contribution in [3.63, 3.8) is 0 Å². The number of rotatable bonds is 5. The van der Waals surface area contributed by atoms with Crippen LogP contribution in [0.25, 0.3) is 0 Å². The molecule has 0 radical (unpaired) electrons. The minimum Gasteiger partial charge on any atom is -0.481 e. The molecule has 0 bridgehead atoms. The van der Waals surface area contributed by atoms with Crippen LogP contribution in [0.1, 0.15) is 18.9 Å². The first kappa shape index (κ1) is 14.0. The van der Waals surface area contributed by atoms with Crippen LogP contribution < -0.4 is 4.90 Å². The van der Waals surface area contributed by atoms with Crippen molar-refractivity contribution in [2.24, 2.45) is 5.92 Å². The molecule has 94 valence electrons.